The number of hydrogen-bond acceptors (Lipinski definition) is 6. The van der Waals surface area contributed by atoms with E-state index in [4.69, 9.17) is 4.74 Å². The highest BCUT2D eigenvalue weighted by Gasteiger charge is 2.35. The predicted octanol–water partition coefficient (Wildman–Crippen LogP) is 2.06. The van der Waals surface area contributed by atoms with Crippen molar-refractivity contribution in [2.24, 2.45) is 0 Å². The summed E-state index contributed by atoms with van der Waals surface area (Å²) in [6.45, 7) is 4.50. The van der Waals surface area contributed by atoms with Gasteiger partial charge in [0, 0.05) is 49.6 Å². The molecule has 0 radical (unpaired) electrons. The van der Waals surface area contributed by atoms with Crippen LogP contribution in [0.3, 0.4) is 0 Å². The first-order valence-corrected chi connectivity index (χ1v) is 12.0. The van der Waals surface area contributed by atoms with Crippen LogP contribution in [-0.2, 0) is 14.8 Å². The number of fused-ring (bicyclic) bond motifs is 1. The highest BCUT2D eigenvalue weighted by Crippen LogP contribution is 2.28. The van der Waals surface area contributed by atoms with Crippen LogP contribution in [0.4, 0.5) is 0 Å². The Kier molecular flexibility index (Phi) is 5.99. The molecule has 2 saturated heterocycles. The second-order valence-electron chi connectivity index (χ2n) is 6.94. The summed E-state index contributed by atoms with van der Waals surface area (Å²) in [6, 6.07) is 9.12. The number of para-hydroxylation sites is 1. The van der Waals surface area contributed by atoms with Gasteiger partial charge in [-0.2, -0.15) is 16.1 Å². The van der Waals surface area contributed by atoms with E-state index in [0.29, 0.717) is 17.0 Å². The van der Waals surface area contributed by atoms with Gasteiger partial charge >= 0.3 is 0 Å². The van der Waals surface area contributed by atoms with E-state index in [-0.39, 0.29) is 6.04 Å². The van der Waals surface area contributed by atoms with Gasteiger partial charge in [-0.15, -0.1) is 0 Å². The highest BCUT2D eigenvalue weighted by atomic mass is 32.2. The summed E-state index contributed by atoms with van der Waals surface area (Å²) in [7, 11) is -3.61. The van der Waals surface area contributed by atoms with Crippen molar-refractivity contribution in [3.8, 4) is 0 Å². The summed E-state index contributed by atoms with van der Waals surface area (Å²) in [5.41, 5.74) is 0.557. The van der Waals surface area contributed by atoms with Crippen LogP contribution in [0.15, 0.2) is 41.4 Å². The van der Waals surface area contributed by atoms with Crippen molar-refractivity contribution in [2.75, 3.05) is 50.9 Å². The molecule has 0 amide bonds. The second-order valence-corrected chi connectivity index (χ2v) is 9.95. The SMILES string of the molecule is O=S(=O)(c1cccc2cccnc12)N1CCCSCC1CN1CCOCC1. The molecule has 1 atom stereocenters. The third kappa shape index (κ3) is 4.14. The van der Waals surface area contributed by atoms with E-state index < -0.39 is 10.0 Å². The molecule has 2 fully saturated rings. The first kappa shape index (κ1) is 19.1. The standard InChI is InChI=1S/C19H25N3O3S2/c23-27(24,18-6-1-4-16-5-2-7-20-19(16)18)22-8-3-13-26-15-17(22)14-21-9-11-25-12-10-21/h1-2,4-7,17H,3,8-15H2. The monoisotopic (exact) mass is 407 g/mol. The molecule has 6 nitrogen and oxygen atoms in total. The number of benzene rings is 1. The third-order valence-corrected chi connectivity index (χ3v) is 8.32. The van der Waals surface area contributed by atoms with Crippen molar-refractivity contribution in [1.82, 2.24) is 14.2 Å². The van der Waals surface area contributed by atoms with Crippen LogP contribution in [0.5, 0.6) is 0 Å². The van der Waals surface area contributed by atoms with E-state index in [9.17, 15) is 8.42 Å². The Morgan fingerprint density at radius 1 is 1.15 bits per heavy atom. The maximum atomic E-state index is 13.6. The molecule has 2 aliphatic rings. The topological polar surface area (TPSA) is 62.7 Å². The normalized spacial score (nSPS) is 23.3. The average Bonchev–Trinajstić information content (AvgIpc) is 2.94. The van der Waals surface area contributed by atoms with E-state index in [1.807, 2.05) is 30.0 Å². The molecule has 0 bridgehead atoms. The highest BCUT2D eigenvalue weighted by molar-refractivity contribution is 7.99. The molecule has 0 N–H and O–H groups in total. The minimum absolute atomic E-state index is 0.0282. The molecule has 1 aromatic carbocycles. The lowest BCUT2D eigenvalue weighted by Crippen LogP contribution is -2.50. The number of thioether (sulfide) groups is 1. The molecule has 0 spiro atoms. The predicted molar refractivity (Wildman–Crippen MR) is 109 cm³/mol. The van der Waals surface area contributed by atoms with E-state index in [0.717, 1.165) is 56.2 Å². The molecule has 0 saturated carbocycles. The number of hydrogen-bond donors (Lipinski definition) is 0. The Labute approximate surface area is 164 Å². The quantitative estimate of drug-likeness (QED) is 0.773. The summed E-state index contributed by atoms with van der Waals surface area (Å²) in [5, 5.41) is 0.854. The Balaban J connectivity index is 1.68. The first-order valence-electron chi connectivity index (χ1n) is 9.40. The molecule has 8 heteroatoms. The lowest BCUT2D eigenvalue weighted by Gasteiger charge is -2.35. The fourth-order valence-corrected chi connectivity index (χ4v) is 6.73. The van der Waals surface area contributed by atoms with Crippen LogP contribution in [0.2, 0.25) is 0 Å². The molecule has 2 aliphatic heterocycles. The van der Waals surface area contributed by atoms with Gasteiger partial charge in [-0.05, 0) is 24.3 Å². The zero-order valence-corrected chi connectivity index (χ0v) is 16.9. The van der Waals surface area contributed by atoms with Gasteiger partial charge in [0.15, 0.2) is 0 Å². The van der Waals surface area contributed by atoms with Crippen LogP contribution >= 0.6 is 11.8 Å². The van der Waals surface area contributed by atoms with Crippen molar-refractivity contribution >= 4 is 32.7 Å². The Morgan fingerprint density at radius 3 is 2.81 bits per heavy atom. The smallest absolute Gasteiger partial charge is 0.245 e. The number of nitrogens with zero attached hydrogens (tertiary/aromatic N) is 3. The van der Waals surface area contributed by atoms with Crippen molar-refractivity contribution < 1.29 is 13.2 Å². The van der Waals surface area contributed by atoms with E-state index >= 15 is 0 Å². The van der Waals surface area contributed by atoms with Gasteiger partial charge < -0.3 is 4.74 Å². The minimum atomic E-state index is -3.61. The number of pyridine rings is 1. The van der Waals surface area contributed by atoms with Crippen LogP contribution in [0, 0.1) is 0 Å². The molecule has 4 rings (SSSR count). The summed E-state index contributed by atoms with van der Waals surface area (Å²) in [5.74, 6) is 1.83. The Hall–Kier alpha value is -1.19. The molecule has 27 heavy (non-hydrogen) atoms. The van der Waals surface area contributed by atoms with E-state index in [1.165, 1.54) is 0 Å². The zero-order valence-electron chi connectivity index (χ0n) is 15.3. The fraction of sp³-hybridized carbons (Fsp3) is 0.526. The molecule has 1 unspecified atom stereocenters. The van der Waals surface area contributed by atoms with Gasteiger partial charge in [0.25, 0.3) is 0 Å². The Bertz CT molecular complexity index is 879. The summed E-state index contributed by atoms with van der Waals surface area (Å²) < 4.78 is 34.4. The molecule has 146 valence electrons. The van der Waals surface area contributed by atoms with Gasteiger partial charge in [0.1, 0.15) is 4.90 Å². The molecular weight excluding hydrogens is 382 g/mol. The van der Waals surface area contributed by atoms with E-state index in [2.05, 4.69) is 9.88 Å². The second kappa shape index (κ2) is 8.45. The zero-order chi connectivity index (χ0) is 18.7. The first-order chi connectivity index (χ1) is 13.2. The molecule has 1 aromatic heterocycles. The lowest BCUT2D eigenvalue weighted by atomic mass is 10.2. The van der Waals surface area contributed by atoms with Gasteiger partial charge in [0.05, 0.1) is 18.7 Å². The van der Waals surface area contributed by atoms with Crippen molar-refractivity contribution in [3.63, 3.8) is 0 Å². The van der Waals surface area contributed by atoms with E-state index in [1.54, 1.807) is 22.6 Å². The number of morpholine rings is 1. The molecular formula is C19H25N3O3S2. The molecule has 0 aliphatic carbocycles. The third-order valence-electron chi connectivity index (χ3n) is 5.14. The molecule has 2 aromatic rings. The van der Waals surface area contributed by atoms with Crippen molar-refractivity contribution in [1.29, 1.82) is 0 Å². The van der Waals surface area contributed by atoms with Gasteiger partial charge in [-0.25, -0.2) is 8.42 Å². The summed E-state index contributed by atoms with van der Waals surface area (Å²) in [4.78, 5) is 7.01. The minimum Gasteiger partial charge on any atom is -0.379 e. The van der Waals surface area contributed by atoms with Crippen molar-refractivity contribution in [2.45, 2.75) is 17.4 Å². The molecule has 3 heterocycles. The lowest BCUT2D eigenvalue weighted by molar-refractivity contribution is 0.0309. The van der Waals surface area contributed by atoms with Crippen LogP contribution < -0.4 is 0 Å². The van der Waals surface area contributed by atoms with Gasteiger partial charge in [0.2, 0.25) is 10.0 Å². The number of aromatic nitrogens is 1. The maximum absolute atomic E-state index is 13.6. The Morgan fingerprint density at radius 2 is 1.96 bits per heavy atom. The number of ether oxygens (including phenoxy) is 1. The largest absolute Gasteiger partial charge is 0.379 e. The number of sulfonamides is 1. The van der Waals surface area contributed by atoms with Crippen LogP contribution in [-0.4, -0.2) is 79.5 Å². The van der Waals surface area contributed by atoms with Gasteiger partial charge in [-0.1, -0.05) is 18.2 Å². The fourth-order valence-electron chi connectivity index (χ4n) is 3.76. The van der Waals surface area contributed by atoms with Gasteiger partial charge in [-0.3, -0.25) is 9.88 Å². The van der Waals surface area contributed by atoms with Crippen LogP contribution in [0.1, 0.15) is 6.42 Å². The number of rotatable bonds is 4. The van der Waals surface area contributed by atoms with Crippen LogP contribution in [0.25, 0.3) is 10.9 Å². The average molecular weight is 408 g/mol. The summed E-state index contributed by atoms with van der Waals surface area (Å²) in [6.07, 6.45) is 2.53. The van der Waals surface area contributed by atoms with Crippen molar-refractivity contribution in [3.05, 3.63) is 36.5 Å². The summed E-state index contributed by atoms with van der Waals surface area (Å²) >= 11 is 1.85. The maximum Gasteiger partial charge on any atom is 0.245 e.